The molecule has 26 heavy (non-hydrogen) atoms. The van der Waals surface area contributed by atoms with E-state index in [1.165, 1.54) is 0 Å². The minimum atomic E-state index is -0.179. The Bertz CT molecular complexity index is 913. The molecule has 0 spiro atoms. The lowest BCUT2D eigenvalue weighted by Gasteiger charge is -2.31. The molecule has 2 aromatic carbocycles. The maximum Gasteiger partial charge on any atom is 0.260 e. The minimum Gasteiger partial charge on any atom is -0.330 e. The Morgan fingerprint density at radius 1 is 1.04 bits per heavy atom. The van der Waals surface area contributed by atoms with Gasteiger partial charge >= 0.3 is 0 Å². The third kappa shape index (κ3) is 3.45. The quantitative estimate of drug-likeness (QED) is 0.567. The number of carbonyl (C=O) groups excluding carboxylic acids is 1. The number of amides is 1. The molecular weight excluding hydrogens is 344 g/mol. The van der Waals surface area contributed by atoms with Crippen molar-refractivity contribution in [3.8, 4) is 0 Å². The Balaban J connectivity index is 1.52. The Kier molecular flexibility index (Phi) is 4.66. The molecular formula is C20H16N4OS. The average Bonchev–Trinajstić information content (AvgIpc) is 2.68. The Labute approximate surface area is 155 Å². The summed E-state index contributed by atoms with van der Waals surface area (Å²) in [6.45, 7) is 0.193. The average molecular weight is 360 g/mol. The number of anilines is 2. The zero-order chi connectivity index (χ0) is 17.8. The molecule has 1 aliphatic heterocycles. The van der Waals surface area contributed by atoms with Gasteiger partial charge in [0, 0.05) is 27.7 Å². The number of carbonyl (C=O) groups is 1. The Morgan fingerprint density at radius 3 is 2.38 bits per heavy atom. The number of hydrazone groups is 1. The molecule has 1 aromatic heterocycles. The predicted octanol–water partition coefficient (Wildman–Crippen LogP) is 3.83. The lowest BCUT2D eigenvalue weighted by Crippen LogP contribution is -2.33. The summed E-state index contributed by atoms with van der Waals surface area (Å²) in [5.74, 6) is -0.179. The summed E-state index contributed by atoms with van der Waals surface area (Å²) in [6, 6.07) is 19.9. The first-order chi connectivity index (χ1) is 12.8. The highest BCUT2D eigenvalue weighted by molar-refractivity contribution is 7.99. The van der Waals surface area contributed by atoms with Crippen LogP contribution in [0.5, 0.6) is 0 Å². The maximum atomic E-state index is 12.4. The van der Waals surface area contributed by atoms with Crippen LogP contribution >= 0.6 is 11.8 Å². The van der Waals surface area contributed by atoms with Crippen LogP contribution in [0.1, 0.15) is 5.56 Å². The third-order valence-corrected chi connectivity index (χ3v) is 5.05. The number of nitrogens with one attached hydrogen (secondary N) is 1. The molecule has 0 saturated carbocycles. The number of pyridine rings is 1. The zero-order valence-corrected chi connectivity index (χ0v) is 14.7. The van der Waals surface area contributed by atoms with Crippen LogP contribution in [-0.4, -0.2) is 23.7 Å². The summed E-state index contributed by atoms with van der Waals surface area (Å²) in [6.07, 6.45) is 4.96. The molecule has 4 rings (SSSR count). The van der Waals surface area contributed by atoms with Crippen molar-refractivity contribution in [2.75, 3.05) is 11.4 Å². The SMILES string of the molecule is O=C(CN1c2ccccc2Sc2ccccc21)N/N=C\c1cccnc1. The molecule has 0 saturated heterocycles. The number of nitrogens with zero attached hydrogens (tertiary/aromatic N) is 3. The van der Waals surface area contributed by atoms with Crippen molar-refractivity contribution in [3.05, 3.63) is 78.6 Å². The van der Waals surface area contributed by atoms with Gasteiger partial charge in [-0.3, -0.25) is 9.78 Å². The number of hydrogen-bond donors (Lipinski definition) is 1. The van der Waals surface area contributed by atoms with Gasteiger partial charge in [-0.15, -0.1) is 0 Å². The van der Waals surface area contributed by atoms with Crippen LogP contribution < -0.4 is 10.3 Å². The van der Waals surface area contributed by atoms with E-state index in [1.54, 1.807) is 30.4 Å². The summed E-state index contributed by atoms with van der Waals surface area (Å²) in [5.41, 5.74) is 5.49. The van der Waals surface area contributed by atoms with Crippen LogP contribution in [0.3, 0.4) is 0 Å². The minimum absolute atomic E-state index is 0.179. The van der Waals surface area contributed by atoms with Crippen LogP contribution in [0, 0.1) is 0 Å². The van der Waals surface area contributed by atoms with Crippen molar-refractivity contribution in [1.82, 2.24) is 10.4 Å². The van der Waals surface area contributed by atoms with Gasteiger partial charge in [0.2, 0.25) is 0 Å². The topological polar surface area (TPSA) is 57.6 Å². The fourth-order valence-electron chi connectivity index (χ4n) is 2.76. The van der Waals surface area contributed by atoms with E-state index in [1.807, 2.05) is 53.4 Å². The molecule has 3 aromatic rings. The Hall–Kier alpha value is -3.12. The van der Waals surface area contributed by atoms with Crippen molar-refractivity contribution in [3.63, 3.8) is 0 Å². The van der Waals surface area contributed by atoms with E-state index in [9.17, 15) is 4.79 Å². The second kappa shape index (κ2) is 7.41. The summed E-state index contributed by atoms with van der Waals surface area (Å²) in [4.78, 5) is 20.7. The first-order valence-electron chi connectivity index (χ1n) is 8.16. The van der Waals surface area contributed by atoms with Gasteiger partial charge in [0.1, 0.15) is 6.54 Å². The van der Waals surface area contributed by atoms with Crippen molar-refractivity contribution < 1.29 is 4.79 Å². The van der Waals surface area contributed by atoms with E-state index in [0.29, 0.717) is 0 Å². The highest BCUT2D eigenvalue weighted by atomic mass is 32.2. The van der Waals surface area contributed by atoms with Gasteiger partial charge in [0.25, 0.3) is 5.91 Å². The van der Waals surface area contributed by atoms with Crippen molar-refractivity contribution in [1.29, 1.82) is 0 Å². The van der Waals surface area contributed by atoms with Crippen molar-refractivity contribution in [2.45, 2.75) is 9.79 Å². The summed E-state index contributed by atoms with van der Waals surface area (Å²) in [5, 5.41) is 4.02. The molecule has 0 bridgehead atoms. The zero-order valence-electron chi connectivity index (χ0n) is 13.9. The largest absolute Gasteiger partial charge is 0.330 e. The van der Waals surface area contributed by atoms with Gasteiger partial charge < -0.3 is 4.90 Å². The lowest BCUT2D eigenvalue weighted by molar-refractivity contribution is -0.119. The molecule has 0 atom stereocenters. The summed E-state index contributed by atoms with van der Waals surface area (Å²) < 4.78 is 0. The highest BCUT2D eigenvalue weighted by Gasteiger charge is 2.24. The van der Waals surface area contributed by atoms with Gasteiger partial charge in [-0.2, -0.15) is 5.10 Å². The van der Waals surface area contributed by atoms with E-state index in [2.05, 4.69) is 27.6 Å². The molecule has 6 heteroatoms. The molecule has 2 heterocycles. The van der Waals surface area contributed by atoms with Crippen molar-refractivity contribution >= 4 is 35.3 Å². The first kappa shape index (κ1) is 16.4. The monoisotopic (exact) mass is 360 g/mol. The fourth-order valence-corrected chi connectivity index (χ4v) is 3.86. The second-order valence-corrected chi connectivity index (χ2v) is 6.79. The van der Waals surface area contributed by atoms with Gasteiger partial charge in [-0.05, 0) is 30.3 Å². The van der Waals surface area contributed by atoms with E-state index in [0.717, 1.165) is 26.7 Å². The lowest BCUT2D eigenvalue weighted by atomic mass is 10.2. The molecule has 1 aliphatic rings. The van der Waals surface area contributed by atoms with E-state index >= 15 is 0 Å². The number of aromatic nitrogens is 1. The van der Waals surface area contributed by atoms with E-state index in [4.69, 9.17) is 0 Å². The number of rotatable bonds is 4. The van der Waals surface area contributed by atoms with Crippen LogP contribution in [0.25, 0.3) is 0 Å². The van der Waals surface area contributed by atoms with Gasteiger partial charge in [-0.25, -0.2) is 5.43 Å². The standard InChI is InChI=1S/C20H16N4OS/c25-20(23-22-13-15-6-5-11-21-12-15)14-24-16-7-1-3-9-18(16)26-19-10-4-2-8-17(19)24/h1-13H,14H2,(H,23,25)/b22-13-. The molecule has 0 radical (unpaired) electrons. The number of benzene rings is 2. The maximum absolute atomic E-state index is 12.4. The number of para-hydroxylation sites is 2. The predicted molar refractivity (Wildman–Crippen MR) is 104 cm³/mol. The highest BCUT2D eigenvalue weighted by Crippen LogP contribution is 2.47. The van der Waals surface area contributed by atoms with Crippen molar-refractivity contribution in [2.24, 2.45) is 5.10 Å². The van der Waals surface area contributed by atoms with Gasteiger partial charge in [-0.1, -0.05) is 42.1 Å². The molecule has 1 N–H and O–H groups in total. The smallest absolute Gasteiger partial charge is 0.260 e. The molecule has 0 aliphatic carbocycles. The van der Waals surface area contributed by atoms with Crippen LogP contribution in [-0.2, 0) is 4.79 Å². The Morgan fingerprint density at radius 2 is 1.73 bits per heavy atom. The number of hydrogen-bond acceptors (Lipinski definition) is 5. The normalized spacial score (nSPS) is 12.5. The van der Waals surface area contributed by atoms with E-state index < -0.39 is 0 Å². The molecule has 0 fully saturated rings. The second-order valence-electron chi connectivity index (χ2n) is 5.70. The third-order valence-electron chi connectivity index (χ3n) is 3.92. The molecule has 128 valence electrons. The van der Waals surface area contributed by atoms with Gasteiger partial charge in [0.05, 0.1) is 17.6 Å². The number of fused-ring (bicyclic) bond motifs is 2. The van der Waals surface area contributed by atoms with Crippen LogP contribution in [0.4, 0.5) is 11.4 Å². The van der Waals surface area contributed by atoms with Crippen LogP contribution in [0.2, 0.25) is 0 Å². The van der Waals surface area contributed by atoms with Gasteiger partial charge in [0.15, 0.2) is 0 Å². The summed E-state index contributed by atoms with van der Waals surface area (Å²) in [7, 11) is 0. The van der Waals surface area contributed by atoms with Crippen LogP contribution in [0.15, 0.2) is 87.9 Å². The molecule has 5 nitrogen and oxygen atoms in total. The van der Waals surface area contributed by atoms with E-state index in [-0.39, 0.29) is 12.5 Å². The fraction of sp³-hybridized carbons (Fsp3) is 0.0500. The molecule has 0 unspecified atom stereocenters. The first-order valence-corrected chi connectivity index (χ1v) is 8.98. The summed E-state index contributed by atoms with van der Waals surface area (Å²) >= 11 is 1.72. The molecule has 1 amide bonds.